The second-order valence-electron chi connectivity index (χ2n) is 6.83. The zero-order valence-electron chi connectivity index (χ0n) is 16.0. The number of benzene rings is 1. The number of rotatable bonds is 6. The summed E-state index contributed by atoms with van der Waals surface area (Å²) < 4.78 is 43.7. The fourth-order valence-corrected chi connectivity index (χ4v) is 4.72. The molecular weight excluding hydrogens is 370 g/mol. The lowest BCUT2D eigenvalue weighted by atomic mass is 9.98. The van der Waals surface area contributed by atoms with Gasteiger partial charge in [-0.1, -0.05) is 13.8 Å². The summed E-state index contributed by atoms with van der Waals surface area (Å²) in [5.74, 6) is 2.28. The molecule has 0 atom stereocenters. The number of aromatic nitrogens is 2. The molecule has 3 rings (SSSR count). The average molecular weight is 395 g/mol. The van der Waals surface area contributed by atoms with E-state index in [-0.39, 0.29) is 22.5 Å². The summed E-state index contributed by atoms with van der Waals surface area (Å²) in [6, 6.07) is 4.71. The van der Waals surface area contributed by atoms with Crippen LogP contribution in [0.2, 0.25) is 0 Å². The minimum atomic E-state index is -3.66. The average Bonchev–Trinajstić information content (AvgIpc) is 3.18. The molecule has 1 aliphatic heterocycles. The van der Waals surface area contributed by atoms with Gasteiger partial charge in [-0.05, 0) is 25.0 Å². The van der Waals surface area contributed by atoms with E-state index < -0.39 is 10.0 Å². The zero-order valence-corrected chi connectivity index (χ0v) is 16.8. The topological polar surface area (TPSA) is 94.8 Å². The number of nitrogens with zero attached hydrogens (tertiary/aromatic N) is 3. The summed E-state index contributed by atoms with van der Waals surface area (Å²) in [6.07, 6.45) is 1.27. The van der Waals surface area contributed by atoms with Crippen molar-refractivity contribution < 1.29 is 22.3 Å². The van der Waals surface area contributed by atoms with Crippen LogP contribution in [0.4, 0.5) is 0 Å². The third-order valence-electron chi connectivity index (χ3n) is 4.74. The van der Waals surface area contributed by atoms with Gasteiger partial charge in [-0.2, -0.15) is 4.31 Å². The third-order valence-corrected chi connectivity index (χ3v) is 6.68. The van der Waals surface area contributed by atoms with Crippen molar-refractivity contribution in [1.29, 1.82) is 0 Å². The van der Waals surface area contributed by atoms with E-state index in [1.165, 1.54) is 24.6 Å². The molecule has 27 heavy (non-hydrogen) atoms. The molecule has 0 amide bonds. The van der Waals surface area contributed by atoms with Gasteiger partial charge in [0.1, 0.15) is 16.4 Å². The van der Waals surface area contributed by atoms with E-state index in [4.69, 9.17) is 13.9 Å². The summed E-state index contributed by atoms with van der Waals surface area (Å²) in [4.78, 5) is 0.143. The fraction of sp³-hybridized carbons (Fsp3) is 0.556. The maximum atomic E-state index is 13.1. The zero-order chi connectivity index (χ0) is 19.6. The Kier molecular flexibility index (Phi) is 5.71. The summed E-state index contributed by atoms with van der Waals surface area (Å²) >= 11 is 0. The number of piperidine rings is 1. The Labute approximate surface area is 159 Å². The number of hydrogen-bond donors (Lipinski definition) is 0. The molecule has 0 unspecified atom stereocenters. The van der Waals surface area contributed by atoms with Crippen LogP contribution in [0, 0.1) is 0 Å². The monoisotopic (exact) mass is 395 g/mol. The van der Waals surface area contributed by atoms with Crippen LogP contribution in [-0.4, -0.2) is 50.2 Å². The van der Waals surface area contributed by atoms with Crippen LogP contribution in [0.5, 0.6) is 11.5 Å². The molecule has 0 bridgehead atoms. The predicted molar refractivity (Wildman–Crippen MR) is 98.7 cm³/mol. The van der Waals surface area contributed by atoms with Crippen molar-refractivity contribution in [2.24, 2.45) is 0 Å². The van der Waals surface area contributed by atoms with Gasteiger partial charge in [-0.15, -0.1) is 10.2 Å². The van der Waals surface area contributed by atoms with Crippen LogP contribution in [0.3, 0.4) is 0 Å². The van der Waals surface area contributed by atoms with Gasteiger partial charge in [0, 0.05) is 31.0 Å². The SMILES string of the molecule is COc1ccc(S(=O)(=O)N2CCC(c3nnc(C(C)C)o3)CC2)c(OC)c1. The van der Waals surface area contributed by atoms with E-state index in [0.29, 0.717) is 43.5 Å². The molecule has 1 aromatic carbocycles. The summed E-state index contributed by atoms with van der Waals surface area (Å²) in [5, 5.41) is 8.20. The molecule has 0 N–H and O–H groups in total. The fourth-order valence-electron chi connectivity index (χ4n) is 3.12. The Morgan fingerprint density at radius 2 is 1.85 bits per heavy atom. The van der Waals surface area contributed by atoms with Crippen LogP contribution in [-0.2, 0) is 10.0 Å². The summed E-state index contributed by atoms with van der Waals surface area (Å²) in [6.45, 7) is 4.77. The quantitative estimate of drug-likeness (QED) is 0.742. The Balaban J connectivity index is 1.74. The van der Waals surface area contributed by atoms with Crippen molar-refractivity contribution in [3.63, 3.8) is 0 Å². The van der Waals surface area contributed by atoms with Crippen molar-refractivity contribution in [3.8, 4) is 11.5 Å². The van der Waals surface area contributed by atoms with Gasteiger partial charge in [0.05, 0.1) is 14.2 Å². The molecule has 8 nitrogen and oxygen atoms in total. The van der Waals surface area contributed by atoms with Gasteiger partial charge in [0.15, 0.2) is 0 Å². The molecule has 148 valence electrons. The number of ether oxygens (including phenoxy) is 2. The molecule has 0 saturated carbocycles. The standard InChI is InChI=1S/C18H25N3O5S/c1-12(2)17-19-20-18(26-17)13-7-9-21(10-8-13)27(22,23)16-6-5-14(24-3)11-15(16)25-4/h5-6,11-13H,7-10H2,1-4H3. The van der Waals surface area contributed by atoms with E-state index in [2.05, 4.69) is 10.2 Å². The first-order valence-electron chi connectivity index (χ1n) is 8.92. The number of hydrogen-bond acceptors (Lipinski definition) is 7. The normalized spacial score (nSPS) is 16.6. The van der Waals surface area contributed by atoms with Crippen molar-refractivity contribution in [2.45, 2.75) is 43.4 Å². The molecule has 0 spiro atoms. The summed E-state index contributed by atoms with van der Waals surface area (Å²) in [5.41, 5.74) is 0. The lowest BCUT2D eigenvalue weighted by Crippen LogP contribution is -2.38. The minimum Gasteiger partial charge on any atom is -0.497 e. The van der Waals surface area contributed by atoms with Crippen LogP contribution >= 0.6 is 0 Å². The van der Waals surface area contributed by atoms with Gasteiger partial charge < -0.3 is 13.9 Å². The van der Waals surface area contributed by atoms with E-state index in [1.54, 1.807) is 12.1 Å². The van der Waals surface area contributed by atoms with Gasteiger partial charge in [-0.3, -0.25) is 0 Å². The maximum Gasteiger partial charge on any atom is 0.246 e. The van der Waals surface area contributed by atoms with E-state index >= 15 is 0 Å². The van der Waals surface area contributed by atoms with E-state index in [9.17, 15) is 8.42 Å². The van der Waals surface area contributed by atoms with Gasteiger partial charge in [0.2, 0.25) is 21.8 Å². The summed E-state index contributed by atoms with van der Waals surface area (Å²) in [7, 11) is -0.687. The van der Waals surface area contributed by atoms with E-state index in [1.807, 2.05) is 13.8 Å². The highest BCUT2D eigenvalue weighted by Gasteiger charge is 2.33. The molecule has 0 radical (unpaired) electrons. The molecule has 9 heteroatoms. The second kappa shape index (κ2) is 7.85. The van der Waals surface area contributed by atoms with Gasteiger partial charge in [-0.25, -0.2) is 8.42 Å². The lowest BCUT2D eigenvalue weighted by molar-refractivity contribution is 0.284. The molecule has 1 saturated heterocycles. The Morgan fingerprint density at radius 3 is 2.41 bits per heavy atom. The van der Waals surface area contributed by atoms with Crippen molar-refractivity contribution in [3.05, 3.63) is 30.0 Å². The molecule has 1 aromatic heterocycles. The predicted octanol–water partition coefficient (Wildman–Crippen LogP) is 2.78. The molecule has 2 heterocycles. The minimum absolute atomic E-state index is 0.0780. The lowest BCUT2D eigenvalue weighted by Gasteiger charge is -2.30. The van der Waals surface area contributed by atoms with E-state index in [0.717, 1.165) is 0 Å². The maximum absolute atomic E-state index is 13.1. The van der Waals surface area contributed by atoms with Crippen LogP contribution in [0.1, 0.15) is 50.3 Å². The third kappa shape index (κ3) is 3.93. The first kappa shape index (κ1) is 19.6. The second-order valence-corrected chi connectivity index (χ2v) is 8.73. The highest BCUT2D eigenvalue weighted by atomic mass is 32.2. The number of methoxy groups -OCH3 is 2. The molecule has 2 aromatic rings. The highest BCUT2D eigenvalue weighted by Crippen LogP contribution is 2.34. The molecule has 1 fully saturated rings. The van der Waals surface area contributed by atoms with Gasteiger partial charge in [0.25, 0.3) is 0 Å². The molecule has 1 aliphatic rings. The van der Waals surface area contributed by atoms with Crippen LogP contribution in [0.15, 0.2) is 27.5 Å². The van der Waals surface area contributed by atoms with Crippen molar-refractivity contribution >= 4 is 10.0 Å². The smallest absolute Gasteiger partial charge is 0.246 e. The van der Waals surface area contributed by atoms with Crippen molar-refractivity contribution in [1.82, 2.24) is 14.5 Å². The van der Waals surface area contributed by atoms with Crippen molar-refractivity contribution in [2.75, 3.05) is 27.3 Å². The highest BCUT2D eigenvalue weighted by molar-refractivity contribution is 7.89. The van der Waals surface area contributed by atoms with Crippen LogP contribution in [0.25, 0.3) is 0 Å². The molecular formula is C18H25N3O5S. The van der Waals surface area contributed by atoms with Crippen LogP contribution < -0.4 is 9.47 Å². The largest absolute Gasteiger partial charge is 0.497 e. The Morgan fingerprint density at radius 1 is 1.15 bits per heavy atom. The first-order chi connectivity index (χ1) is 12.9. The number of sulfonamides is 1. The Bertz CT molecular complexity index is 886. The Hall–Kier alpha value is -2.13. The van der Waals surface area contributed by atoms with Gasteiger partial charge >= 0.3 is 0 Å². The first-order valence-corrected chi connectivity index (χ1v) is 10.4. The molecule has 0 aliphatic carbocycles.